The van der Waals surface area contributed by atoms with Gasteiger partial charge in [-0.25, -0.2) is 4.98 Å². The Morgan fingerprint density at radius 2 is 1.78 bits per heavy atom. The highest BCUT2D eigenvalue weighted by Gasteiger charge is 2.09. The van der Waals surface area contributed by atoms with Crippen LogP contribution in [0.15, 0.2) is 34.2 Å². The van der Waals surface area contributed by atoms with Gasteiger partial charge in [0.1, 0.15) is 10.8 Å². The number of hydrogen-bond acceptors (Lipinski definition) is 3. The molecule has 0 spiro atoms. The summed E-state index contributed by atoms with van der Waals surface area (Å²) in [5, 5.41) is 1.56. The van der Waals surface area contributed by atoms with Crippen LogP contribution < -0.4 is 5.73 Å². The Hall–Kier alpha value is -0.900. The van der Waals surface area contributed by atoms with Gasteiger partial charge in [0.05, 0.1) is 10.0 Å². The van der Waals surface area contributed by atoms with E-state index in [1.807, 2.05) is 6.07 Å². The zero-order valence-electron chi connectivity index (χ0n) is 10.00. The van der Waals surface area contributed by atoms with Crippen LogP contribution in [-0.4, -0.2) is 4.98 Å². The molecule has 2 aromatic rings. The van der Waals surface area contributed by atoms with Crippen molar-refractivity contribution in [1.29, 1.82) is 0 Å². The molecule has 1 heterocycles. The number of pyridine rings is 1. The molecule has 1 aromatic heterocycles. The van der Waals surface area contributed by atoms with Gasteiger partial charge < -0.3 is 5.73 Å². The van der Waals surface area contributed by atoms with Crippen molar-refractivity contribution in [3.8, 4) is 0 Å². The lowest BCUT2D eigenvalue weighted by atomic mass is 10.1. The first-order chi connectivity index (χ1) is 8.47. The van der Waals surface area contributed by atoms with E-state index in [4.69, 9.17) is 28.9 Å². The zero-order valence-corrected chi connectivity index (χ0v) is 12.3. The third-order valence-electron chi connectivity index (χ3n) is 2.62. The van der Waals surface area contributed by atoms with Crippen LogP contribution in [0, 0.1) is 13.8 Å². The van der Waals surface area contributed by atoms with Crippen molar-refractivity contribution in [1.82, 2.24) is 4.98 Å². The molecule has 2 rings (SSSR count). The van der Waals surface area contributed by atoms with Crippen LogP contribution in [0.2, 0.25) is 10.0 Å². The monoisotopic (exact) mass is 298 g/mol. The Morgan fingerprint density at radius 1 is 1.06 bits per heavy atom. The van der Waals surface area contributed by atoms with Gasteiger partial charge in [-0.3, -0.25) is 0 Å². The minimum atomic E-state index is 0.299. The molecule has 0 bridgehead atoms. The van der Waals surface area contributed by atoms with Crippen LogP contribution in [0.25, 0.3) is 0 Å². The van der Waals surface area contributed by atoms with Crippen molar-refractivity contribution in [2.45, 2.75) is 23.8 Å². The minimum Gasteiger partial charge on any atom is -0.382 e. The number of rotatable bonds is 2. The number of halogens is 2. The lowest BCUT2D eigenvalue weighted by Crippen LogP contribution is -1.93. The Labute approximate surface area is 121 Å². The van der Waals surface area contributed by atoms with Gasteiger partial charge in [0.2, 0.25) is 0 Å². The normalized spacial score (nSPS) is 10.7. The molecule has 0 radical (unpaired) electrons. The van der Waals surface area contributed by atoms with Gasteiger partial charge in [-0.2, -0.15) is 0 Å². The SMILES string of the molecule is Cc1ccc(Sc2nc(N)c(Cl)cc2Cl)cc1C. The Morgan fingerprint density at radius 3 is 2.44 bits per heavy atom. The highest BCUT2D eigenvalue weighted by Crippen LogP contribution is 2.35. The van der Waals surface area contributed by atoms with Crippen molar-refractivity contribution < 1.29 is 0 Å². The highest BCUT2D eigenvalue weighted by atomic mass is 35.5. The molecule has 0 aliphatic rings. The molecule has 1 aromatic carbocycles. The molecule has 0 amide bonds. The van der Waals surface area contributed by atoms with Crippen LogP contribution in [-0.2, 0) is 0 Å². The van der Waals surface area contributed by atoms with Crippen LogP contribution in [0.4, 0.5) is 5.82 Å². The van der Waals surface area contributed by atoms with Gasteiger partial charge in [-0.05, 0) is 43.2 Å². The fourth-order valence-corrected chi connectivity index (χ4v) is 2.79. The van der Waals surface area contributed by atoms with Crippen LogP contribution in [0.5, 0.6) is 0 Å². The molecular formula is C13H12Cl2N2S. The van der Waals surface area contributed by atoms with Crippen LogP contribution in [0.1, 0.15) is 11.1 Å². The maximum Gasteiger partial charge on any atom is 0.143 e. The van der Waals surface area contributed by atoms with Crippen molar-refractivity contribution in [2.24, 2.45) is 0 Å². The predicted octanol–water partition coefficient (Wildman–Crippen LogP) is 4.74. The van der Waals surface area contributed by atoms with E-state index < -0.39 is 0 Å². The van der Waals surface area contributed by atoms with Gasteiger partial charge in [-0.1, -0.05) is 41.0 Å². The summed E-state index contributed by atoms with van der Waals surface area (Å²) in [5.74, 6) is 0.299. The number of nitrogens with two attached hydrogens (primary N) is 1. The molecule has 2 nitrogen and oxygen atoms in total. The van der Waals surface area contributed by atoms with E-state index in [9.17, 15) is 0 Å². The summed E-state index contributed by atoms with van der Waals surface area (Å²) in [6, 6.07) is 7.83. The zero-order chi connectivity index (χ0) is 13.3. The summed E-state index contributed by atoms with van der Waals surface area (Å²) in [7, 11) is 0. The summed E-state index contributed by atoms with van der Waals surface area (Å²) >= 11 is 13.4. The fourth-order valence-electron chi connectivity index (χ4n) is 1.42. The van der Waals surface area contributed by atoms with Crippen molar-refractivity contribution in [3.05, 3.63) is 45.4 Å². The molecule has 0 aliphatic carbocycles. The second-order valence-electron chi connectivity index (χ2n) is 3.99. The van der Waals surface area contributed by atoms with E-state index in [0.717, 1.165) is 4.90 Å². The number of benzene rings is 1. The summed E-state index contributed by atoms with van der Waals surface area (Å²) < 4.78 is 0. The Kier molecular flexibility index (Phi) is 4.05. The van der Waals surface area contributed by atoms with E-state index >= 15 is 0 Å². The fraction of sp³-hybridized carbons (Fsp3) is 0.154. The van der Waals surface area contributed by atoms with Crippen molar-refractivity contribution >= 4 is 40.8 Å². The molecule has 5 heteroatoms. The van der Waals surface area contributed by atoms with E-state index in [2.05, 4.69) is 31.0 Å². The number of nitrogens with zero attached hydrogens (tertiary/aromatic N) is 1. The lowest BCUT2D eigenvalue weighted by Gasteiger charge is -2.07. The molecule has 0 atom stereocenters. The third kappa shape index (κ3) is 2.91. The molecule has 2 N–H and O–H groups in total. The standard InChI is InChI=1S/C13H12Cl2N2S/c1-7-3-4-9(5-8(7)2)18-13-11(15)6-10(14)12(16)17-13/h3-6H,1-2H3,(H2,16,17). The third-order valence-corrected chi connectivity index (χ3v) is 4.31. The van der Waals surface area contributed by atoms with E-state index in [0.29, 0.717) is 20.9 Å². The first kappa shape index (κ1) is 13.5. The van der Waals surface area contributed by atoms with Gasteiger partial charge in [0.15, 0.2) is 0 Å². The molecule has 0 aliphatic heterocycles. The average Bonchev–Trinajstić information content (AvgIpc) is 2.31. The molecule has 0 saturated carbocycles. The van der Waals surface area contributed by atoms with Gasteiger partial charge in [0.25, 0.3) is 0 Å². The first-order valence-electron chi connectivity index (χ1n) is 5.34. The molecule has 0 unspecified atom stereocenters. The van der Waals surface area contributed by atoms with Crippen molar-refractivity contribution in [3.63, 3.8) is 0 Å². The minimum absolute atomic E-state index is 0.299. The average molecular weight is 299 g/mol. The maximum absolute atomic E-state index is 6.10. The van der Waals surface area contributed by atoms with Crippen LogP contribution in [0.3, 0.4) is 0 Å². The summed E-state index contributed by atoms with van der Waals surface area (Å²) in [6.45, 7) is 4.15. The van der Waals surface area contributed by atoms with Gasteiger partial charge in [0, 0.05) is 4.90 Å². The van der Waals surface area contributed by atoms with E-state index in [1.165, 1.54) is 22.9 Å². The molecule has 0 saturated heterocycles. The maximum atomic E-state index is 6.10. The number of anilines is 1. The topological polar surface area (TPSA) is 38.9 Å². The number of aromatic nitrogens is 1. The second kappa shape index (κ2) is 5.39. The first-order valence-corrected chi connectivity index (χ1v) is 6.91. The van der Waals surface area contributed by atoms with E-state index in [1.54, 1.807) is 6.07 Å². The van der Waals surface area contributed by atoms with E-state index in [-0.39, 0.29) is 0 Å². The summed E-state index contributed by atoms with van der Waals surface area (Å²) in [6.07, 6.45) is 0. The predicted molar refractivity (Wildman–Crippen MR) is 78.7 cm³/mol. The Bertz CT molecular complexity index is 600. The van der Waals surface area contributed by atoms with Gasteiger partial charge in [-0.15, -0.1) is 0 Å². The lowest BCUT2D eigenvalue weighted by molar-refractivity contribution is 1.14. The van der Waals surface area contributed by atoms with Crippen LogP contribution >= 0.6 is 35.0 Å². The number of nitrogen functional groups attached to an aromatic ring is 1. The molecular weight excluding hydrogens is 287 g/mol. The van der Waals surface area contributed by atoms with Crippen molar-refractivity contribution in [2.75, 3.05) is 5.73 Å². The molecule has 94 valence electrons. The number of hydrogen-bond donors (Lipinski definition) is 1. The van der Waals surface area contributed by atoms with Gasteiger partial charge >= 0.3 is 0 Å². The summed E-state index contributed by atoms with van der Waals surface area (Å²) in [5.41, 5.74) is 8.17. The Balaban J connectivity index is 2.34. The highest BCUT2D eigenvalue weighted by molar-refractivity contribution is 7.99. The second-order valence-corrected chi connectivity index (χ2v) is 5.87. The smallest absolute Gasteiger partial charge is 0.143 e. The molecule has 18 heavy (non-hydrogen) atoms. The molecule has 0 fully saturated rings. The summed E-state index contributed by atoms with van der Waals surface area (Å²) in [4.78, 5) is 5.27. The largest absolute Gasteiger partial charge is 0.382 e. The quantitative estimate of drug-likeness (QED) is 0.870. The number of aryl methyl sites for hydroxylation is 2.